The molecule has 0 radical (unpaired) electrons. The molecule has 0 unspecified atom stereocenters. The lowest BCUT2D eigenvalue weighted by Gasteiger charge is -2.46. The van der Waals surface area contributed by atoms with E-state index in [4.69, 9.17) is 23.7 Å². The van der Waals surface area contributed by atoms with Crippen molar-refractivity contribution in [3.05, 3.63) is 0 Å². The van der Waals surface area contributed by atoms with Crippen molar-refractivity contribution >= 4 is 29.8 Å². The maximum atomic E-state index is 13.1. The smallest absolute Gasteiger partial charge is 0.313 e. The molecule has 0 saturated carbocycles. The summed E-state index contributed by atoms with van der Waals surface area (Å²) in [4.78, 5) is 63.8. The Balaban J connectivity index is 3.68. The van der Waals surface area contributed by atoms with E-state index in [2.05, 4.69) is 5.32 Å². The highest BCUT2D eigenvalue weighted by molar-refractivity contribution is 5.78. The fourth-order valence-electron chi connectivity index (χ4n) is 3.07. The minimum atomic E-state index is -1.46. The van der Waals surface area contributed by atoms with Crippen LogP contribution in [0.5, 0.6) is 0 Å². The first-order chi connectivity index (χ1) is 17.4. The molecular formula is C28H47NO10. The molecule has 1 N–H and O–H groups in total. The Labute approximate surface area is 232 Å². The average Bonchev–Trinajstić information content (AvgIpc) is 2.72. The lowest BCUT2D eigenvalue weighted by Crippen LogP contribution is -2.67. The van der Waals surface area contributed by atoms with Crippen molar-refractivity contribution in [2.45, 2.75) is 121 Å². The van der Waals surface area contributed by atoms with Gasteiger partial charge in [-0.05, 0) is 83.1 Å². The number of carbonyl (C=O) groups is 5. The second kappa shape index (κ2) is 12.2. The summed E-state index contributed by atoms with van der Waals surface area (Å²) < 4.78 is 28.8. The molecule has 1 heterocycles. The number of ether oxygens (including phenoxy) is 5. The van der Waals surface area contributed by atoms with Crippen molar-refractivity contribution in [2.24, 2.45) is 21.7 Å². The van der Waals surface area contributed by atoms with Crippen molar-refractivity contribution in [3.63, 3.8) is 0 Å². The zero-order chi connectivity index (χ0) is 30.7. The second-order valence-electron chi connectivity index (χ2n) is 14.0. The quantitative estimate of drug-likeness (QED) is 0.381. The van der Waals surface area contributed by atoms with Crippen molar-refractivity contribution in [1.82, 2.24) is 5.32 Å². The maximum absolute atomic E-state index is 13.1. The minimum absolute atomic E-state index is 0.405. The van der Waals surface area contributed by atoms with Crippen molar-refractivity contribution in [1.29, 1.82) is 0 Å². The number of rotatable bonds is 6. The van der Waals surface area contributed by atoms with E-state index in [1.807, 2.05) is 0 Å². The van der Waals surface area contributed by atoms with Gasteiger partial charge in [-0.2, -0.15) is 0 Å². The Kier molecular flexibility index (Phi) is 10.8. The molecule has 1 fully saturated rings. The van der Waals surface area contributed by atoms with Crippen LogP contribution in [0, 0.1) is 21.7 Å². The first kappa shape index (κ1) is 34.3. The van der Waals surface area contributed by atoms with Gasteiger partial charge in [0.15, 0.2) is 12.2 Å². The lowest BCUT2D eigenvalue weighted by molar-refractivity contribution is -0.277. The summed E-state index contributed by atoms with van der Waals surface area (Å²) in [5.41, 5.74) is -3.71. The minimum Gasteiger partial charge on any atom is -0.462 e. The van der Waals surface area contributed by atoms with E-state index < -0.39 is 88.7 Å². The van der Waals surface area contributed by atoms with Gasteiger partial charge in [0.05, 0.1) is 21.7 Å². The number of hydrogen-bond donors (Lipinski definition) is 1. The third-order valence-corrected chi connectivity index (χ3v) is 5.55. The number of hydrogen-bond acceptors (Lipinski definition) is 10. The molecule has 0 aromatic heterocycles. The van der Waals surface area contributed by atoms with Crippen LogP contribution in [0.4, 0.5) is 0 Å². The monoisotopic (exact) mass is 557 g/mol. The first-order valence-corrected chi connectivity index (χ1v) is 13.1. The van der Waals surface area contributed by atoms with E-state index in [0.717, 1.165) is 0 Å². The van der Waals surface area contributed by atoms with Gasteiger partial charge in [-0.25, -0.2) is 0 Å². The van der Waals surface area contributed by atoms with Crippen molar-refractivity contribution in [3.8, 4) is 0 Å². The van der Waals surface area contributed by atoms with E-state index in [-0.39, 0.29) is 0 Å². The van der Waals surface area contributed by atoms with Crippen LogP contribution < -0.4 is 5.32 Å². The summed E-state index contributed by atoms with van der Waals surface area (Å²) in [6.45, 7) is 20.6. The van der Waals surface area contributed by atoms with Crippen LogP contribution in [0.2, 0.25) is 0 Å². The maximum Gasteiger partial charge on any atom is 0.313 e. The summed E-state index contributed by atoms with van der Waals surface area (Å²) in [7, 11) is 0. The molecule has 0 aliphatic carbocycles. The number of amides is 1. The SMILES string of the molecule is CC(=O)N[C@H]1[C@H](OC(=O)C(C)(C)C)O[C@H](COC(=O)C(C)(C)C)[C@@H](OC(=O)C(C)(C)C)[C@@H]1OC(=O)C(C)(C)C. The molecule has 11 nitrogen and oxygen atoms in total. The van der Waals surface area contributed by atoms with E-state index in [0.29, 0.717) is 0 Å². The normalized spacial score (nSPS) is 24.3. The molecule has 1 aliphatic heterocycles. The summed E-state index contributed by atoms with van der Waals surface area (Å²) in [5.74, 6) is -3.04. The fraction of sp³-hybridized carbons (Fsp3) is 0.821. The van der Waals surface area contributed by atoms with Gasteiger partial charge in [-0.1, -0.05) is 0 Å². The molecule has 224 valence electrons. The van der Waals surface area contributed by atoms with Crippen LogP contribution in [0.25, 0.3) is 0 Å². The molecule has 1 saturated heterocycles. The van der Waals surface area contributed by atoms with Crippen LogP contribution in [-0.2, 0) is 47.7 Å². The molecule has 0 spiro atoms. The molecular weight excluding hydrogens is 510 g/mol. The van der Waals surface area contributed by atoms with Gasteiger partial charge in [-0.3, -0.25) is 24.0 Å². The van der Waals surface area contributed by atoms with Gasteiger partial charge in [0, 0.05) is 6.92 Å². The van der Waals surface area contributed by atoms with E-state index >= 15 is 0 Å². The molecule has 1 aliphatic rings. The van der Waals surface area contributed by atoms with E-state index in [1.54, 1.807) is 83.1 Å². The zero-order valence-corrected chi connectivity index (χ0v) is 25.7. The molecule has 5 atom stereocenters. The Hall–Kier alpha value is -2.69. The van der Waals surface area contributed by atoms with Crippen LogP contribution in [-0.4, -0.2) is 67.0 Å². The first-order valence-electron chi connectivity index (χ1n) is 13.1. The van der Waals surface area contributed by atoms with Gasteiger partial charge in [0.1, 0.15) is 18.8 Å². The average molecular weight is 558 g/mol. The standard InChI is InChI=1S/C28H47NO10/c1-15(30)29-17-19(38-23(33)27(8,9)10)18(37-22(32)26(5,6)7)16(14-35-21(31)25(2,3)4)36-20(17)39-24(34)28(11,12)13/h16-20H,14H2,1-13H3,(H,29,30)/t16-,17-,18-,19-,20+/m1/s1. The van der Waals surface area contributed by atoms with Gasteiger partial charge in [0.2, 0.25) is 12.2 Å². The predicted molar refractivity (Wildman–Crippen MR) is 141 cm³/mol. The van der Waals surface area contributed by atoms with Crippen LogP contribution in [0.1, 0.15) is 90.0 Å². The van der Waals surface area contributed by atoms with E-state index in [9.17, 15) is 24.0 Å². The highest BCUT2D eigenvalue weighted by Crippen LogP contribution is 2.33. The Morgan fingerprint density at radius 3 is 1.38 bits per heavy atom. The molecule has 39 heavy (non-hydrogen) atoms. The summed E-state index contributed by atoms with van der Waals surface area (Å²) >= 11 is 0. The van der Waals surface area contributed by atoms with E-state index in [1.165, 1.54) is 6.92 Å². The lowest BCUT2D eigenvalue weighted by atomic mass is 9.92. The molecule has 0 aromatic carbocycles. The van der Waals surface area contributed by atoms with Crippen LogP contribution in [0.3, 0.4) is 0 Å². The number of carbonyl (C=O) groups excluding carboxylic acids is 5. The molecule has 1 rings (SSSR count). The third-order valence-electron chi connectivity index (χ3n) is 5.55. The van der Waals surface area contributed by atoms with Gasteiger partial charge in [-0.15, -0.1) is 0 Å². The van der Waals surface area contributed by atoms with Crippen LogP contribution in [0.15, 0.2) is 0 Å². The highest BCUT2D eigenvalue weighted by atomic mass is 16.7. The summed E-state index contributed by atoms with van der Waals surface area (Å²) in [6, 6.07) is -1.24. The number of nitrogens with one attached hydrogen (secondary N) is 1. The molecule has 0 aromatic rings. The highest BCUT2D eigenvalue weighted by Gasteiger charge is 2.54. The van der Waals surface area contributed by atoms with Gasteiger partial charge < -0.3 is 29.0 Å². The Bertz CT molecular complexity index is 930. The Morgan fingerprint density at radius 1 is 0.615 bits per heavy atom. The number of esters is 4. The van der Waals surface area contributed by atoms with Crippen molar-refractivity contribution in [2.75, 3.05) is 6.61 Å². The molecule has 0 bridgehead atoms. The zero-order valence-electron chi connectivity index (χ0n) is 25.7. The molecule has 11 heteroatoms. The third kappa shape index (κ3) is 10.1. The predicted octanol–water partition coefficient (Wildman–Crippen LogP) is 3.31. The summed E-state index contributed by atoms with van der Waals surface area (Å²) in [5, 5.41) is 2.63. The molecule has 1 amide bonds. The topological polar surface area (TPSA) is 144 Å². The second-order valence-corrected chi connectivity index (χ2v) is 14.0. The fourth-order valence-corrected chi connectivity index (χ4v) is 3.07. The Morgan fingerprint density at radius 2 is 1.00 bits per heavy atom. The van der Waals surface area contributed by atoms with Crippen molar-refractivity contribution < 1.29 is 47.7 Å². The van der Waals surface area contributed by atoms with Gasteiger partial charge >= 0.3 is 23.9 Å². The van der Waals surface area contributed by atoms with Crippen LogP contribution >= 0.6 is 0 Å². The summed E-state index contributed by atoms with van der Waals surface area (Å²) in [6.07, 6.45) is -5.33. The van der Waals surface area contributed by atoms with Gasteiger partial charge in [0.25, 0.3) is 0 Å². The largest absolute Gasteiger partial charge is 0.462 e.